The second-order valence-corrected chi connectivity index (χ2v) is 6.65. The number of imidazole rings is 1. The number of hydrogen-bond donors (Lipinski definition) is 2. The van der Waals surface area contributed by atoms with Crippen molar-refractivity contribution >= 4 is 11.0 Å². The van der Waals surface area contributed by atoms with Gasteiger partial charge in [0.15, 0.2) is 5.82 Å². The van der Waals surface area contributed by atoms with Crippen molar-refractivity contribution in [3.05, 3.63) is 78.9 Å². The molecular weight excluding hydrogens is 364 g/mol. The second kappa shape index (κ2) is 6.83. The van der Waals surface area contributed by atoms with Crippen molar-refractivity contribution in [2.45, 2.75) is 0 Å². The number of ether oxygens (including phenoxy) is 1. The number of phenols is 1. The lowest BCUT2D eigenvalue weighted by molar-refractivity contribution is 0.409. The summed E-state index contributed by atoms with van der Waals surface area (Å²) in [5.74, 6) is 1.43. The fourth-order valence-corrected chi connectivity index (χ4v) is 3.41. The Bertz CT molecular complexity index is 1270. The van der Waals surface area contributed by atoms with Crippen LogP contribution in [0.1, 0.15) is 0 Å². The third kappa shape index (κ3) is 3.00. The Morgan fingerprint density at radius 3 is 2.52 bits per heavy atom. The van der Waals surface area contributed by atoms with Gasteiger partial charge in [-0.05, 0) is 42.5 Å². The van der Waals surface area contributed by atoms with Crippen LogP contribution in [-0.4, -0.2) is 32.0 Å². The van der Waals surface area contributed by atoms with Gasteiger partial charge in [0, 0.05) is 11.6 Å². The summed E-state index contributed by atoms with van der Waals surface area (Å²) in [6, 6.07) is 24.8. The van der Waals surface area contributed by atoms with Crippen LogP contribution in [0.5, 0.6) is 11.5 Å². The molecule has 0 unspecified atom stereocenters. The summed E-state index contributed by atoms with van der Waals surface area (Å²) in [5, 5.41) is 14.6. The molecule has 5 aromatic rings. The van der Waals surface area contributed by atoms with Crippen LogP contribution in [0.3, 0.4) is 0 Å². The smallest absolute Gasteiger partial charge is 0.157 e. The fraction of sp³-hybridized carbons (Fsp3) is 0.0435. The molecule has 29 heavy (non-hydrogen) atoms. The fourth-order valence-electron chi connectivity index (χ4n) is 3.41. The Hall–Kier alpha value is -4.06. The van der Waals surface area contributed by atoms with E-state index in [1.165, 1.54) is 0 Å². The van der Waals surface area contributed by atoms with Gasteiger partial charge in [-0.1, -0.05) is 30.3 Å². The van der Waals surface area contributed by atoms with E-state index in [2.05, 4.69) is 4.98 Å². The molecule has 5 rings (SSSR count). The van der Waals surface area contributed by atoms with Crippen molar-refractivity contribution in [2.24, 2.45) is 0 Å². The van der Waals surface area contributed by atoms with Gasteiger partial charge in [-0.25, -0.2) is 9.67 Å². The van der Waals surface area contributed by atoms with Crippen molar-refractivity contribution in [3.63, 3.8) is 0 Å². The molecular formula is C23H18N4O2. The summed E-state index contributed by atoms with van der Waals surface area (Å²) in [6.07, 6.45) is 0. The highest BCUT2D eigenvalue weighted by atomic mass is 16.5. The number of benzene rings is 3. The average molecular weight is 382 g/mol. The van der Waals surface area contributed by atoms with Crippen LogP contribution in [0.15, 0.2) is 78.9 Å². The number of fused-ring (bicyclic) bond motifs is 1. The molecule has 0 radical (unpaired) electrons. The molecule has 0 atom stereocenters. The summed E-state index contributed by atoms with van der Waals surface area (Å²) in [7, 11) is 1.58. The number of para-hydroxylation sites is 3. The molecule has 0 spiro atoms. The molecule has 2 aromatic heterocycles. The zero-order valence-corrected chi connectivity index (χ0v) is 15.7. The Labute approximate surface area is 167 Å². The lowest BCUT2D eigenvalue weighted by Gasteiger charge is -2.07. The van der Waals surface area contributed by atoms with E-state index in [0.717, 1.165) is 39.5 Å². The number of phenolic OH excluding ortho intramolecular Hbond substituents is 1. The lowest BCUT2D eigenvalue weighted by Crippen LogP contribution is -1.99. The summed E-state index contributed by atoms with van der Waals surface area (Å²) in [4.78, 5) is 8.13. The Morgan fingerprint density at radius 2 is 1.72 bits per heavy atom. The van der Waals surface area contributed by atoms with Crippen LogP contribution >= 0.6 is 0 Å². The van der Waals surface area contributed by atoms with E-state index in [0.29, 0.717) is 5.75 Å². The SMILES string of the molecule is COc1cc(O)ccc1-c1cc(-c2nc3ccccc3[nH]2)n(-c2ccccc2)n1. The molecule has 6 nitrogen and oxygen atoms in total. The van der Waals surface area contributed by atoms with E-state index in [-0.39, 0.29) is 5.75 Å². The van der Waals surface area contributed by atoms with Gasteiger partial charge in [0.1, 0.15) is 17.2 Å². The number of aromatic nitrogens is 4. The molecule has 2 N–H and O–H groups in total. The first-order valence-electron chi connectivity index (χ1n) is 9.21. The van der Waals surface area contributed by atoms with E-state index in [4.69, 9.17) is 14.8 Å². The Kier molecular flexibility index (Phi) is 4.02. The van der Waals surface area contributed by atoms with Gasteiger partial charge in [0.2, 0.25) is 0 Å². The standard InChI is InChI=1S/C23H18N4O2/c1-29-22-13-16(28)11-12-17(22)20-14-21(27(26-20)15-7-3-2-4-8-15)23-24-18-9-5-6-10-19(18)25-23/h2-14,28H,1H3,(H,24,25). The summed E-state index contributed by atoms with van der Waals surface area (Å²) >= 11 is 0. The summed E-state index contributed by atoms with van der Waals surface area (Å²) < 4.78 is 7.32. The van der Waals surface area contributed by atoms with Gasteiger partial charge in [0.05, 0.1) is 29.5 Å². The quantitative estimate of drug-likeness (QED) is 0.468. The maximum atomic E-state index is 9.79. The first kappa shape index (κ1) is 17.1. The predicted octanol–water partition coefficient (Wildman–Crippen LogP) is 4.80. The second-order valence-electron chi connectivity index (χ2n) is 6.65. The molecule has 0 saturated carbocycles. The summed E-state index contributed by atoms with van der Waals surface area (Å²) in [6.45, 7) is 0. The maximum Gasteiger partial charge on any atom is 0.157 e. The Balaban J connectivity index is 1.73. The number of aromatic amines is 1. The number of H-pyrrole nitrogens is 1. The van der Waals surface area contributed by atoms with Crippen molar-refractivity contribution in [3.8, 4) is 40.0 Å². The van der Waals surface area contributed by atoms with Crippen LogP contribution in [0.25, 0.3) is 39.5 Å². The average Bonchev–Trinajstić information content (AvgIpc) is 3.38. The van der Waals surface area contributed by atoms with E-state index in [1.807, 2.05) is 65.3 Å². The number of rotatable bonds is 4. The maximum absolute atomic E-state index is 9.79. The molecule has 0 aliphatic heterocycles. The third-order valence-corrected chi connectivity index (χ3v) is 4.80. The van der Waals surface area contributed by atoms with Gasteiger partial charge in [0.25, 0.3) is 0 Å². The lowest BCUT2D eigenvalue weighted by atomic mass is 10.1. The third-order valence-electron chi connectivity index (χ3n) is 4.80. The van der Waals surface area contributed by atoms with E-state index in [1.54, 1.807) is 25.3 Å². The van der Waals surface area contributed by atoms with Crippen LogP contribution in [0, 0.1) is 0 Å². The van der Waals surface area contributed by atoms with Crippen LogP contribution in [0.2, 0.25) is 0 Å². The van der Waals surface area contributed by atoms with E-state index in [9.17, 15) is 5.11 Å². The van der Waals surface area contributed by atoms with Crippen molar-refractivity contribution in [2.75, 3.05) is 7.11 Å². The highest BCUT2D eigenvalue weighted by molar-refractivity contribution is 5.80. The molecule has 0 aliphatic rings. The molecule has 0 saturated heterocycles. The molecule has 6 heteroatoms. The minimum Gasteiger partial charge on any atom is -0.508 e. The number of hydrogen-bond acceptors (Lipinski definition) is 4. The summed E-state index contributed by atoms with van der Waals surface area (Å²) in [5.41, 5.74) is 5.13. The molecule has 0 amide bonds. The molecule has 2 heterocycles. The number of methoxy groups -OCH3 is 1. The first-order chi connectivity index (χ1) is 14.2. The predicted molar refractivity (Wildman–Crippen MR) is 112 cm³/mol. The van der Waals surface area contributed by atoms with Crippen molar-refractivity contribution in [1.82, 2.24) is 19.7 Å². The molecule has 0 aliphatic carbocycles. The molecule has 142 valence electrons. The van der Waals surface area contributed by atoms with Gasteiger partial charge in [-0.3, -0.25) is 0 Å². The molecule has 3 aromatic carbocycles. The molecule has 0 fully saturated rings. The van der Waals surface area contributed by atoms with Crippen LogP contribution in [0.4, 0.5) is 0 Å². The minimum absolute atomic E-state index is 0.144. The first-order valence-corrected chi connectivity index (χ1v) is 9.21. The van der Waals surface area contributed by atoms with Crippen LogP contribution < -0.4 is 4.74 Å². The monoisotopic (exact) mass is 382 g/mol. The molecule has 0 bridgehead atoms. The van der Waals surface area contributed by atoms with Crippen LogP contribution in [-0.2, 0) is 0 Å². The normalized spacial score (nSPS) is 11.1. The minimum atomic E-state index is 0.144. The van der Waals surface area contributed by atoms with Gasteiger partial charge in [-0.15, -0.1) is 0 Å². The largest absolute Gasteiger partial charge is 0.508 e. The highest BCUT2D eigenvalue weighted by Crippen LogP contribution is 2.35. The zero-order valence-electron chi connectivity index (χ0n) is 15.7. The zero-order chi connectivity index (χ0) is 19.8. The number of aromatic hydroxyl groups is 1. The van der Waals surface area contributed by atoms with Crippen molar-refractivity contribution in [1.29, 1.82) is 0 Å². The van der Waals surface area contributed by atoms with Gasteiger partial charge in [-0.2, -0.15) is 5.10 Å². The number of nitrogens with one attached hydrogen (secondary N) is 1. The van der Waals surface area contributed by atoms with E-state index >= 15 is 0 Å². The van der Waals surface area contributed by atoms with Crippen molar-refractivity contribution < 1.29 is 9.84 Å². The van der Waals surface area contributed by atoms with E-state index < -0.39 is 0 Å². The Morgan fingerprint density at radius 1 is 0.931 bits per heavy atom. The number of nitrogens with zero attached hydrogens (tertiary/aromatic N) is 3. The van der Waals surface area contributed by atoms with Gasteiger partial charge < -0.3 is 14.8 Å². The topological polar surface area (TPSA) is 76.0 Å². The highest BCUT2D eigenvalue weighted by Gasteiger charge is 2.18. The van der Waals surface area contributed by atoms with Gasteiger partial charge >= 0.3 is 0 Å².